The predicted octanol–water partition coefficient (Wildman–Crippen LogP) is 3.08. The summed E-state index contributed by atoms with van der Waals surface area (Å²) in [4.78, 5) is 12.8. The Balaban J connectivity index is 1.78. The molecule has 3 unspecified atom stereocenters. The van der Waals surface area contributed by atoms with E-state index < -0.39 is 5.60 Å². The van der Waals surface area contributed by atoms with Crippen LogP contribution in [0.4, 0.5) is 5.82 Å². The van der Waals surface area contributed by atoms with E-state index in [0.717, 1.165) is 12.8 Å². The van der Waals surface area contributed by atoms with Crippen molar-refractivity contribution in [3.8, 4) is 0 Å². The van der Waals surface area contributed by atoms with E-state index in [-0.39, 0.29) is 29.5 Å². The van der Waals surface area contributed by atoms with Crippen molar-refractivity contribution in [2.75, 3.05) is 12.3 Å². The molecule has 2 fully saturated rings. The van der Waals surface area contributed by atoms with Crippen LogP contribution in [0.25, 0.3) is 11.2 Å². The Kier molecular flexibility index (Phi) is 4.44. The molecule has 2 aliphatic rings. The minimum atomic E-state index is -0.422. The molecule has 2 bridgehead atoms. The van der Waals surface area contributed by atoms with Crippen LogP contribution in [0.2, 0.25) is 0 Å². The molecular weight excluding hydrogens is 358 g/mol. The molecule has 8 heteroatoms. The monoisotopic (exact) mass is 389 g/mol. The first kappa shape index (κ1) is 19.5. The van der Waals surface area contributed by atoms with Crippen molar-refractivity contribution in [3.63, 3.8) is 0 Å². The Labute approximate surface area is 165 Å². The quantitative estimate of drug-likeness (QED) is 0.861. The van der Waals surface area contributed by atoms with E-state index in [1.165, 1.54) is 6.33 Å². The highest BCUT2D eigenvalue weighted by Crippen LogP contribution is 2.52. The van der Waals surface area contributed by atoms with Crippen molar-refractivity contribution in [2.45, 2.75) is 84.0 Å². The number of anilines is 1. The van der Waals surface area contributed by atoms with E-state index >= 15 is 0 Å². The van der Waals surface area contributed by atoms with E-state index in [2.05, 4.69) is 56.5 Å². The van der Waals surface area contributed by atoms with E-state index in [0.29, 0.717) is 23.6 Å². The summed E-state index contributed by atoms with van der Waals surface area (Å²) in [5, 5.41) is 0. The zero-order valence-electron chi connectivity index (χ0n) is 17.6. The standard InChI is InChI=1S/C20H31N5O3/c1-18(2,3)9-20-7-8-26-13(14(20)27-19(4,5)6)17(28-20)25-11-24-12-15(21)22-10-23-16(12)25/h10-11,13-14,17H,7-9H2,1-6H3,(H2,21,22,23)/t13?,14?,17-,20?/m1/s1. The Morgan fingerprint density at radius 3 is 2.64 bits per heavy atom. The maximum Gasteiger partial charge on any atom is 0.167 e. The molecule has 28 heavy (non-hydrogen) atoms. The summed E-state index contributed by atoms with van der Waals surface area (Å²) in [6.07, 6.45) is 4.03. The molecule has 0 spiro atoms. The van der Waals surface area contributed by atoms with Gasteiger partial charge < -0.3 is 19.9 Å². The minimum absolute atomic E-state index is 0.0832. The van der Waals surface area contributed by atoms with Gasteiger partial charge in [-0.05, 0) is 32.6 Å². The fourth-order valence-electron chi connectivity index (χ4n) is 4.52. The van der Waals surface area contributed by atoms with Crippen molar-refractivity contribution in [1.29, 1.82) is 0 Å². The van der Waals surface area contributed by atoms with Gasteiger partial charge in [-0.15, -0.1) is 0 Å². The van der Waals surface area contributed by atoms with Gasteiger partial charge in [0.05, 0.1) is 18.5 Å². The lowest BCUT2D eigenvalue weighted by Crippen LogP contribution is -2.54. The second kappa shape index (κ2) is 6.37. The third-order valence-electron chi connectivity index (χ3n) is 5.26. The van der Waals surface area contributed by atoms with Crippen molar-refractivity contribution >= 4 is 17.0 Å². The Bertz CT molecular complexity index is 869. The van der Waals surface area contributed by atoms with Crippen molar-refractivity contribution in [1.82, 2.24) is 19.5 Å². The van der Waals surface area contributed by atoms with Gasteiger partial charge in [-0.3, -0.25) is 4.57 Å². The van der Waals surface area contributed by atoms with Gasteiger partial charge in [-0.25, -0.2) is 15.0 Å². The van der Waals surface area contributed by atoms with Crippen LogP contribution in [0.15, 0.2) is 12.7 Å². The molecule has 2 aromatic rings. The molecule has 2 N–H and O–H groups in total. The average molecular weight is 390 g/mol. The zero-order valence-corrected chi connectivity index (χ0v) is 17.6. The molecule has 0 aliphatic carbocycles. The molecule has 4 atom stereocenters. The SMILES string of the molecule is CC(C)(C)CC12CCOC(C1OC(C)(C)C)[C@H](n1cnc3c(N)ncnc31)O2. The largest absolute Gasteiger partial charge is 0.382 e. The molecule has 4 rings (SSSR count). The van der Waals surface area contributed by atoms with Gasteiger partial charge in [0, 0.05) is 6.42 Å². The van der Waals surface area contributed by atoms with E-state index in [4.69, 9.17) is 19.9 Å². The van der Waals surface area contributed by atoms with Gasteiger partial charge in [-0.1, -0.05) is 20.8 Å². The van der Waals surface area contributed by atoms with E-state index in [1.54, 1.807) is 6.33 Å². The van der Waals surface area contributed by atoms with Crippen LogP contribution < -0.4 is 5.73 Å². The molecule has 8 nitrogen and oxygen atoms in total. The van der Waals surface area contributed by atoms with Crippen LogP contribution in [-0.2, 0) is 14.2 Å². The van der Waals surface area contributed by atoms with Gasteiger partial charge in [0.1, 0.15) is 29.7 Å². The highest BCUT2D eigenvalue weighted by Gasteiger charge is 2.61. The third-order valence-corrected chi connectivity index (χ3v) is 5.26. The van der Waals surface area contributed by atoms with Crippen LogP contribution in [0.1, 0.15) is 60.6 Å². The number of nitrogen functional groups attached to an aromatic ring is 1. The van der Waals surface area contributed by atoms with E-state index in [1.807, 2.05) is 4.57 Å². The van der Waals surface area contributed by atoms with Crippen molar-refractivity contribution in [3.05, 3.63) is 12.7 Å². The Morgan fingerprint density at radius 1 is 1.21 bits per heavy atom. The smallest absolute Gasteiger partial charge is 0.167 e. The molecule has 2 aromatic heterocycles. The summed E-state index contributed by atoms with van der Waals surface area (Å²) in [7, 11) is 0. The Morgan fingerprint density at radius 2 is 1.96 bits per heavy atom. The lowest BCUT2D eigenvalue weighted by atomic mass is 9.76. The maximum atomic E-state index is 6.77. The van der Waals surface area contributed by atoms with E-state index in [9.17, 15) is 0 Å². The van der Waals surface area contributed by atoms with Crippen LogP contribution in [-0.4, -0.2) is 49.5 Å². The zero-order chi connectivity index (χ0) is 20.3. The second-order valence-corrected chi connectivity index (χ2v) is 10.1. The fourth-order valence-corrected chi connectivity index (χ4v) is 4.52. The van der Waals surface area contributed by atoms with Gasteiger partial charge >= 0.3 is 0 Å². The highest BCUT2D eigenvalue weighted by molar-refractivity contribution is 5.81. The number of hydrogen-bond donors (Lipinski definition) is 1. The number of aromatic nitrogens is 4. The highest BCUT2D eigenvalue weighted by atomic mass is 16.6. The first-order valence-electron chi connectivity index (χ1n) is 9.89. The predicted molar refractivity (Wildman–Crippen MR) is 106 cm³/mol. The normalized spacial score (nSPS) is 30.9. The summed E-state index contributed by atoms with van der Waals surface area (Å²) >= 11 is 0. The third kappa shape index (κ3) is 3.38. The lowest BCUT2D eigenvalue weighted by molar-refractivity contribution is -0.195. The molecular formula is C20H31N5O3. The first-order chi connectivity index (χ1) is 13.0. The second-order valence-electron chi connectivity index (χ2n) is 10.1. The topological polar surface area (TPSA) is 97.3 Å². The van der Waals surface area contributed by atoms with Gasteiger partial charge in [-0.2, -0.15) is 0 Å². The summed E-state index contributed by atoms with van der Waals surface area (Å²) in [5.74, 6) is 0.359. The number of nitrogens with zero attached hydrogens (tertiary/aromatic N) is 4. The molecule has 154 valence electrons. The summed E-state index contributed by atoms with van der Waals surface area (Å²) in [6, 6.07) is 0. The average Bonchev–Trinajstić information content (AvgIpc) is 3.02. The first-order valence-corrected chi connectivity index (χ1v) is 9.89. The molecule has 2 aliphatic heterocycles. The molecule has 0 aromatic carbocycles. The minimum Gasteiger partial charge on any atom is -0.382 e. The number of ether oxygens (including phenoxy) is 3. The molecule has 2 saturated heterocycles. The fraction of sp³-hybridized carbons (Fsp3) is 0.750. The number of rotatable bonds is 3. The van der Waals surface area contributed by atoms with Gasteiger partial charge in [0.2, 0.25) is 0 Å². The molecule has 4 heterocycles. The number of fused-ring (bicyclic) bond motifs is 3. The summed E-state index contributed by atoms with van der Waals surface area (Å²) in [5.41, 5.74) is 6.54. The summed E-state index contributed by atoms with van der Waals surface area (Å²) < 4.78 is 21.4. The van der Waals surface area contributed by atoms with Crippen LogP contribution >= 0.6 is 0 Å². The molecule has 0 radical (unpaired) electrons. The maximum absolute atomic E-state index is 6.77. The van der Waals surface area contributed by atoms with Gasteiger partial charge in [0.25, 0.3) is 0 Å². The van der Waals surface area contributed by atoms with Gasteiger partial charge in [0.15, 0.2) is 17.7 Å². The molecule has 0 saturated carbocycles. The van der Waals surface area contributed by atoms with Crippen LogP contribution in [0.3, 0.4) is 0 Å². The number of imidazole rings is 1. The molecule has 0 amide bonds. The lowest BCUT2D eigenvalue weighted by Gasteiger charge is -2.44. The Hall–Kier alpha value is -1.77. The van der Waals surface area contributed by atoms with Crippen LogP contribution in [0, 0.1) is 5.41 Å². The summed E-state index contributed by atoms with van der Waals surface area (Å²) in [6.45, 7) is 13.6. The number of nitrogens with two attached hydrogens (primary N) is 1. The number of hydrogen-bond acceptors (Lipinski definition) is 7. The van der Waals surface area contributed by atoms with Crippen molar-refractivity contribution < 1.29 is 14.2 Å². The van der Waals surface area contributed by atoms with Crippen LogP contribution in [0.5, 0.6) is 0 Å². The van der Waals surface area contributed by atoms with Crippen molar-refractivity contribution in [2.24, 2.45) is 5.41 Å².